The molecule has 2 rings (SSSR count). The molecule has 3 nitrogen and oxygen atoms in total. The number of carbonyl (C=O) groups excluding carboxylic acids is 1. The van der Waals surface area contributed by atoms with Gasteiger partial charge in [0.25, 0.3) is 5.91 Å². The molecule has 1 saturated heterocycles. The van der Waals surface area contributed by atoms with Gasteiger partial charge in [0.2, 0.25) is 0 Å². The highest BCUT2D eigenvalue weighted by Gasteiger charge is 2.18. The first-order valence-corrected chi connectivity index (χ1v) is 7.07. The molecule has 1 aliphatic rings. The van der Waals surface area contributed by atoms with Crippen LogP contribution in [0.2, 0.25) is 0 Å². The van der Waals surface area contributed by atoms with Crippen LogP contribution < -0.4 is 5.32 Å². The lowest BCUT2D eigenvalue weighted by molar-refractivity contribution is 0.0944. The summed E-state index contributed by atoms with van der Waals surface area (Å²) in [7, 11) is 0. The molecule has 94 valence electrons. The molecule has 1 fully saturated rings. The number of hydrogen-bond donors (Lipinski definition) is 1. The minimum absolute atomic E-state index is 0.0640. The summed E-state index contributed by atoms with van der Waals surface area (Å²) in [5.41, 5.74) is 0. The maximum atomic E-state index is 11.9. The lowest BCUT2D eigenvalue weighted by Gasteiger charge is -2.23. The average Bonchev–Trinajstić information content (AvgIpc) is 2.95. The number of carbonyl (C=O) groups is 1. The molecule has 1 aromatic heterocycles. The molecule has 0 saturated carbocycles. The predicted molar refractivity (Wildman–Crippen MR) is 71.7 cm³/mol. The van der Waals surface area contributed by atoms with Crippen LogP contribution >= 0.6 is 11.3 Å². The van der Waals surface area contributed by atoms with Crippen molar-refractivity contribution in [2.75, 3.05) is 19.6 Å². The Morgan fingerprint density at radius 3 is 2.76 bits per heavy atom. The summed E-state index contributed by atoms with van der Waals surface area (Å²) in [6, 6.07) is 4.33. The second-order valence-electron chi connectivity index (χ2n) is 4.71. The van der Waals surface area contributed by atoms with Crippen molar-refractivity contribution in [3.05, 3.63) is 21.9 Å². The number of thiophene rings is 1. The van der Waals surface area contributed by atoms with Gasteiger partial charge in [-0.1, -0.05) is 0 Å². The number of amides is 1. The zero-order valence-electron chi connectivity index (χ0n) is 10.5. The first-order valence-electron chi connectivity index (χ1n) is 6.25. The maximum absolute atomic E-state index is 11.9. The third-order valence-electron chi connectivity index (χ3n) is 3.29. The van der Waals surface area contributed by atoms with Gasteiger partial charge >= 0.3 is 0 Å². The van der Waals surface area contributed by atoms with E-state index >= 15 is 0 Å². The Kier molecular flexibility index (Phi) is 4.18. The fourth-order valence-electron chi connectivity index (χ4n) is 2.20. The highest BCUT2D eigenvalue weighted by Crippen LogP contribution is 2.15. The van der Waals surface area contributed by atoms with Crippen LogP contribution in [0.4, 0.5) is 0 Å². The quantitative estimate of drug-likeness (QED) is 0.891. The first kappa shape index (κ1) is 12.6. The molecule has 1 unspecified atom stereocenters. The Morgan fingerprint density at radius 2 is 2.18 bits per heavy atom. The van der Waals surface area contributed by atoms with Gasteiger partial charge in [0.15, 0.2) is 0 Å². The van der Waals surface area contributed by atoms with Crippen molar-refractivity contribution in [1.82, 2.24) is 10.2 Å². The van der Waals surface area contributed by atoms with Crippen LogP contribution in [-0.4, -0.2) is 36.5 Å². The van der Waals surface area contributed by atoms with E-state index in [9.17, 15) is 4.79 Å². The van der Waals surface area contributed by atoms with E-state index in [1.165, 1.54) is 30.8 Å². The number of nitrogens with one attached hydrogen (secondary N) is 1. The summed E-state index contributed by atoms with van der Waals surface area (Å²) >= 11 is 1.55. The van der Waals surface area contributed by atoms with E-state index in [0.717, 1.165) is 11.4 Å². The van der Waals surface area contributed by atoms with Gasteiger partial charge in [-0.2, -0.15) is 0 Å². The van der Waals surface area contributed by atoms with Gasteiger partial charge in [-0.25, -0.2) is 0 Å². The smallest absolute Gasteiger partial charge is 0.261 e. The predicted octanol–water partition coefficient (Wildman–Crippen LogP) is 2.27. The summed E-state index contributed by atoms with van der Waals surface area (Å²) in [4.78, 5) is 16.3. The molecule has 1 aromatic rings. The summed E-state index contributed by atoms with van der Waals surface area (Å²) in [6.07, 6.45) is 2.59. The van der Waals surface area contributed by atoms with Crippen LogP contribution in [0.15, 0.2) is 12.1 Å². The number of likely N-dealkylation sites (tertiary alicyclic amines) is 1. The lowest BCUT2D eigenvalue weighted by atomic mass is 10.3. The molecular weight excluding hydrogens is 232 g/mol. The minimum Gasteiger partial charge on any atom is -0.350 e. The number of rotatable bonds is 4. The zero-order chi connectivity index (χ0) is 12.3. The van der Waals surface area contributed by atoms with E-state index in [2.05, 4.69) is 17.1 Å². The van der Waals surface area contributed by atoms with E-state index < -0.39 is 0 Å². The van der Waals surface area contributed by atoms with Crippen LogP contribution in [0.3, 0.4) is 0 Å². The second-order valence-corrected chi connectivity index (χ2v) is 6.00. The van der Waals surface area contributed by atoms with Crippen molar-refractivity contribution in [1.29, 1.82) is 0 Å². The largest absolute Gasteiger partial charge is 0.350 e. The molecule has 1 N–H and O–H groups in total. The van der Waals surface area contributed by atoms with Gasteiger partial charge in [0.1, 0.15) is 0 Å². The Morgan fingerprint density at radius 1 is 1.47 bits per heavy atom. The first-order chi connectivity index (χ1) is 8.16. The Balaban J connectivity index is 1.79. The molecule has 0 spiro atoms. The molecule has 0 bridgehead atoms. The van der Waals surface area contributed by atoms with Crippen LogP contribution in [0.25, 0.3) is 0 Å². The van der Waals surface area contributed by atoms with E-state index in [4.69, 9.17) is 0 Å². The number of nitrogens with zero attached hydrogens (tertiary/aromatic N) is 1. The molecule has 4 heteroatoms. The standard InChI is InChI=1S/C13H20N2OS/c1-10(15-7-3-4-8-15)9-14-13(16)12-6-5-11(2)17-12/h5-6,10H,3-4,7-9H2,1-2H3,(H,14,16). The third-order valence-corrected chi connectivity index (χ3v) is 4.29. The average molecular weight is 252 g/mol. The van der Waals surface area contributed by atoms with Gasteiger partial charge < -0.3 is 5.32 Å². The molecule has 0 radical (unpaired) electrons. The second kappa shape index (κ2) is 5.65. The van der Waals surface area contributed by atoms with E-state index in [0.29, 0.717) is 6.04 Å². The van der Waals surface area contributed by atoms with Crippen LogP contribution in [0, 0.1) is 6.92 Å². The fourth-order valence-corrected chi connectivity index (χ4v) is 2.98. The van der Waals surface area contributed by atoms with Gasteiger partial charge in [0.05, 0.1) is 4.88 Å². The summed E-state index contributed by atoms with van der Waals surface area (Å²) in [6.45, 7) is 7.31. The van der Waals surface area contributed by atoms with Crippen LogP contribution in [-0.2, 0) is 0 Å². The fraction of sp³-hybridized carbons (Fsp3) is 0.615. The van der Waals surface area contributed by atoms with Gasteiger partial charge in [-0.15, -0.1) is 11.3 Å². The van der Waals surface area contributed by atoms with Crippen molar-refractivity contribution in [3.63, 3.8) is 0 Å². The molecule has 0 aliphatic carbocycles. The normalized spacial score (nSPS) is 18.2. The number of aryl methyl sites for hydroxylation is 1. The highest BCUT2D eigenvalue weighted by atomic mass is 32.1. The Hall–Kier alpha value is -0.870. The molecule has 1 aliphatic heterocycles. The van der Waals surface area contributed by atoms with E-state index in [1.807, 2.05) is 19.1 Å². The van der Waals surface area contributed by atoms with Crippen molar-refractivity contribution in [2.24, 2.45) is 0 Å². The van der Waals surface area contributed by atoms with E-state index in [1.54, 1.807) is 11.3 Å². The highest BCUT2D eigenvalue weighted by molar-refractivity contribution is 7.13. The van der Waals surface area contributed by atoms with Crippen molar-refractivity contribution < 1.29 is 4.79 Å². The van der Waals surface area contributed by atoms with Crippen LogP contribution in [0.1, 0.15) is 34.3 Å². The van der Waals surface area contributed by atoms with Crippen LogP contribution in [0.5, 0.6) is 0 Å². The SMILES string of the molecule is Cc1ccc(C(=O)NCC(C)N2CCCC2)s1. The molecule has 2 heterocycles. The van der Waals surface area contributed by atoms with Crippen molar-refractivity contribution >= 4 is 17.2 Å². The number of hydrogen-bond acceptors (Lipinski definition) is 3. The molecular formula is C13H20N2OS. The van der Waals surface area contributed by atoms with Gasteiger partial charge in [-0.3, -0.25) is 9.69 Å². The molecule has 0 aromatic carbocycles. The minimum atomic E-state index is 0.0640. The lowest BCUT2D eigenvalue weighted by Crippen LogP contribution is -2.40. The molecule has 17 heavy (non-hydrogen) atoms. The van der Waals surface area contributed by atoms with Crippen molar-refractivity contribution in [2.45, 2.75) is 32.7 Å². The summed E-state index contributed by atoms with van der Waals surface area (Å²) in [5, 5.41) is 3.02. The summed E-state index contributed by atoms with van der Waals surface area (Å²) in [5.74, 6) is 0.0640. The molecule has 1 atom stereocenters. The van der Waals surface area contributed by atoms with Gasteiger partial charge in [0, 0.05) is 17.5 Å². The Bertz CT molecular complexity index is 383. The van der Waals surface area contributed by atoms with E-state index in [-0.39, 0.29) is 5.91 Å². The van der Waals surface area contributed by atoms with Gasteiger partial charge in [-0.05, 0) is 51.9 Å². The monoisotopic (exact) mass is 252 g/mol. The summed E-state index contributed by atoms with van der Waals surface area (Å²) < 4.78 is 0. The topological polar surface area (TPSA) is 32.3 Å². The maximum Gasteiger partial charge on any atom is 0.261 e. The third kappa shape index (κ3) is 3.30. The Labute approximate surface area is 107 Å². The van der Waals surface area contributed by atoms with Crippen molar-refractivity contribution in [3.8, 4) is 0 Å². The molecule has 1 amide bonds. The zero-order valence-corrected chi connectivity index (χ0v) is 11.3.